The maximum absolute atomic E-state index is 11.2. The topological polar surface area (TPSA) is 25.3 Å². The Bertz CT molecular complexity index is 1110. The fourth-order valence-electron chi connectivity index (χ4n) is 5.81. The first-order valence-corrected chi connectivity index (χ1v) is 19.2. The molecule has 3 rings (SSSR count). The molecule has 2 aromatic rings. The molecule has 0 N–H and O–H groups in total. The Morgan fingerprint density at radius 3 is 1.43 bits per heavy atom. The van der Waals surface area contributed by atoms with Gasteiger partial charge in [0.2, 0.25) is 11.4 Å². The Labute approximate surface area is 306 Å². The smallest absolute Gasteiger partial charge is 0.493 e. The normalized spacial score (nSPS) is 12.1. The zero-order chi connectivity index (χ0) is 33.8. The van der Waals surface area contributed by atoms with Crippen LogP contribution in [0, 0.1) is 13.8 Å². The molecule has 0 atom stereocenters. The molecule has 1 aliphatic rings. The Morgan fingerprint density at radius 1 is 0.553 bits per heavy atom. The van der Waals surface area contributed by atoms with Crippen molar-refractivity contribution < 1.29 is 25.1 Å². The van der Waals surface area contributed by atoms with Crippen molar-refractivity contribution in [2.75, 3.05) is 0 Å². The van der Waals surface area contributed by atoms with Crippen LogP contribution in [0.2, 0.25) is 0 Å². The second-order valence-corrected chi connectivity index (χ2v) is 12.9. The number of aryl methyl sites for hydroxylation is 2. The molecule has 0 saturated carbocycles. The first-order chi connectivity index (χ1) is 22.5. The molecule has 1 aliphatic heterocycles. The van der Waals surface area contributed by atoms with Gasteiger partial charge in [-0.2, -0.15) is 12.8 Å². The van der Waals surface area contributed by atoms with Crippen molar-refractivity contribution in [2.24, 2.45) is 0 Å². The van der Waals surface area contributed by atoms with Crippen LogP contribution in [-0.2, 0) is 33.3 Å². The third kappa shape index (κ3) is 19.1. The third-order valence-electron chi connectivity index (χ3n) is 8.70. The summed E-state index contributed by atoms with van der Waals surface area (Å²) in [4.78, 5) is 0. The van der Waals surface area contributed by atoms with Gasteiger partial charge in [-0.05, 0) is 67.5 Å². The summed E-state index contributed by atoms with van der Waals surface area (Å²) in [5.41, 5.74) is 19.1. The van der Waals surface area contributed by atoms with Crippen molar-refractivity contribution in [3.8, 4) is 0 Å². The molecule has 0 saturated heterocycles. The summed E-state index contributed by atoms with van der Waals surface area (Å²) >= 11 is 0. The average molecular weight is 733 g/mol. The summed E-state index contributed by atoms with van der Waals surface area (Å²) in [6.07, 6.45) is 28.6. The summed E-state index contributed by atoms with van der Waals surface area (Å²) in [6.45, 7) is 18.7. The first kappa shape index (κ1) is 45.2. The SMILES string of the molecule is CCCCCc1cccc(C2=CC(CC)=C(c3cccc(CCCCC)c3)[N+]2=[N-])c1.[CH2-]CCCCCCC.[CH2-]CCCCCCC.[Pd+2]. The molecule has 0 radical (unpaired) electrons. The van der Waals surface area contributed by atoms with Crippen LogP contribution in [0.5, 0.6) is 0 Å². The van der Waals surface area contributed by atoms with Crippen molar-refractivity contribution in [1.82, 2.24) is 0 Å². The van der Waals surface area contributed by atoms with Crippen LogP contribution >= 0.6 is 0 Å². The molecular weight excluding hydrogens is 663 g/mol. The van der Waals surface area contributed by atoms with E-state index in [0.29, 0.717) is 0 Å². The quantitative estimate of drug-likeness (QED) is 0.0528. The number of nitrogens with zero attached hydrogens (tertiary/aromatic N) is 2. The Balaban J connectivity index is 0.00000103. The fraction of sp³-hybridized carbons (Fsp3) is 0.591. The minimum atomic E-state index is 0. The monoisotopic (exact) mass is 732 g/mol. The van der Waals surface area contributed by atoms with E-state index in [-0.39, 0.29) is 20.4 Å². The molecule has 3 heteroatoms. The number of allylic oxidation sites excluding steroid dienone is 2. The first-order valence-electron chi connectivity index (χ1n) is 19.2. The number of hydrogen-bond acceptors (Lipinski definition) is 0. The van der Waals surface area contributed by atoms with Gasteiger partial charge in [-0.3, -0.25) is 0 Å². The van der Waals surface area contributed by atoms with Crippen LogP contribution in [-0.4, -0.2) is 4.70 Å². The van der Waals surface area contributed by atoms with E-state index in [1.807, 2.05) is 0 Å². The number of benzene rings is 2. The van der Waals surface area contributed by atoms with Gasteiger partial charge in [-0.15, -0.1) is 0 Å². The molecule has 0 fully saturated rings. The van der Waals surface area contributed by atoms with E-state index in [1.54, 1.807) is 0 Å². The Morgan fingerprint density at radius 2 is 0.979 bits per heavy atom. The number of hydrogen-bond donors (Lipinski definition) is 0. The molecule has 266 valence electrons. The van der Waals surface area contributed by atoms with Crippen molar-refractivity contribution in [2.45, 2.75) is 169 Å². The summed E-state index contributed by atoms with van der Waals surface area (Å²) in [5, 5.41) is 0. The van der Waals surface area contributed by atoms with Gasteiger partial charge >= 0.3 is 20.4 Å². The Kier molecular flexibility index (Phi) is 29.1. The molecule has 2 aromatic carbocycles. The van der Waals surface area contributed by atoms with E-state index in [0.717, 1.165) is 54.6 Å². The van der Waals surface area contributed by atoms with Crippen molar-refractivity contribution >= 4 is 11.4 Å². The van der Waals surface area contributed by atoms with Gasteiger partial charge in [0.05, 0.1) is 0 Å². The maximum Gasteiger partial charge on any atom is 2.00 e. The second-order valence-electron chi connectivity index (χ2n) is 12.9. The maximum atomic E-state index is 11.2. The average Bonchev–Trinajstić information content (AvgIpc) is 3.42. The molecule has 0 aliphatic carbocycles. The zero-order valence-corrected chi connectivity index (χ0v) is 32.7. The molecule has 1 heterocycles. The fourth-order valence-corrected chi connectivity index (χ4v) is 5.81. The zero-order valence-electron chi connectivity index (χ0n) is 31.2. The minimum absolute atomic E-state index is 0. The second kappa shape index (κ2) is 30.3. The van der Waals surface area contributed by atoms with Crippen LogP contribution in [0.4, 0.5) is 0 Å². The van der Waals surface area contributed by atoms with E-state index >= 15 is 0 Å². The third-order valence-corrected chi connectivity index (χ3v) is 8.70. The van der Waals surface area contributed by atoms with Crippen LogP contribution < -0.4 is 0 Å². The van der Waals surface area contributed by atoms with E-state index in [1.165, 1.54) is 124 Å². The van der Waals surface area contributed by atoms with Gasteiger partial charge in [-0.25, -0.2) is 4.70 Å². The van der Waals surface area contributed by atoms with Crippen molar-refractivity contribution in [1.29, 1.82) is 0 Å². The Hall–Kier alpha value is -1.82. The predicted molar refractivity (Wildman–Crippen MR) is 206 cm³/mol. The van der Waals surface area contributed by atoms with E-state index in [2.05, 4.69) is 103 Å². The van der Waals surface area contributed by atoms with Gasteiger partial charge in [-0.1, -0.05) is 149 Å². The molecule has 2 nitrogen and oxygen atoms in total. The van der Waals surface area contributed by atoms with Crippen LogP contribution in [0.25, 0.3) is 16.9 Å². The largest absolute Gasteiger partial charge is 2.00 e. The molecule has 0 aromatic heterocycles. The number of unbranched alkanes of at least 4 members (excludes halogenated alkanes) is 14. The molecular formula is C44H70N2Pd. The standard InChI is InChI=1S/C28H36N2.2C8H17.Pd/c1-4-7-9-13-22-15-11-17-25(19-22)27-21-24(6-3)28(30(27)29)26-18-12-16-23(20-26)14-10-8-5-2;2*1-3-5-7-8-6-4-2;/h11-12,15-21H,4-10,13-14H2,1-3H3;2*1,3-8H2,2H3;/q;2*-1;+2. The predicted octanol–water partition coefficient (Wildman–Crippen LogP) is 14.7. The van der Waals surface area contributed by atoms with Crippen LogP contribution in [0.1, 0.15) is 179 Å². The molecule has 0 spiro atoms. The van der Waals surface area contributed by atoms with Crippen molar-refractivity contribution in [3.63, 3.8) is 0 Å². The summed E-state index contributed by atoms with van der Waals surface area (Å²) < 4.78 is 1.41. The van der Waals surface area contributed by atoms with Gasteiger partial charge in [0.15, 0.2) is 0 Å². The van der Waals surface area contributed by atoms with Gasteiger partial charge in [0, 0.05) is 22.8 Å². The van der Waals surface area contributed by atoms with Crippen LogP contribution in [0.15, 0.2) is 60.2 Å². The van der Waals surface area contributed by atoms with Gasteiger partial charge in [0.1, 0.15) is 0 Å². The molecule has 0 amide bonds. The molecule has 47 heavy (non-hydrogen) atoms. The van der Waals surface area contributed by atoms with Gasteiger partial charge in [0.25, 0.3) is 0 Å². The number of rotatable bonds is 21. The van der Waals surface area contributed by atoms with Crippen molar-refractivity contribution in [3.05, 3.63) is 102 Å². The minimum Gasteiger partial charge on any atom is -0.493 e. The molecule has 0 unspecified atom stereocenters. The van der Waals surface area contributed by atoms with Crippen LogP contribution in [0.3, 0.4) is 0 Å². The van der Waals surface area contributed by atoms with E-state index in [9.17, 15) is 5.53 Å². The summed E-state index contributed by atoms with van der Waals surface area (Å²) in [5.74, 6) is 0. The van der Waals surface area contributed by atoms with E-state index < -0.39 is 0 Å². The van der Waals surface area contributed by atoms with Gasteiger partial charge < -0.3 is 19.4 Å². The van der Waals surface area contributed by atoms with E-state index in [4.69, 9.17) is 0 Å². The summed E-state index contributed by atoms with van der Waals surface area (Å²) in [7, 11) is 0. The summed E-state index contributed by atoms with van der Waals surface area (Å²) in [6, 6.07) is 17.4. The molecule has 0 bridgehead atoms.